The number of methoxy groups -OCH3 is 2. The molecule has 0 aliphatic carbocycles. The smallest absolute Gasteiger partial charge is 0.275 e. The Labute approximate surface area is 133 Å². The van der Waals surface area contributed by atoms with Gasteiger partial charge in [0, 0.05) is 12.1 Å². The Morgan fingerprint density at radius 2 is 2.23 bits per heavy atom. The van der Waals surface area contributed by atoms with Crippen molar-refractivity contribution in [3.8, 4) is 11.5 Å². The van der Waals surface area contributed by atoms with Gasteiger partial charge in [-0.1, -0.05) is 0 Å². The maximum absolute atomic E-state index is 12.6. The first-order chi connectivity index (χ1) is 10.7. The molecule has 0 spiro atoms. The van der Waals surface area contributed by atoms with Gasteiger partial charge in [0.15, 0.2) is 5.69 Å². The van der Waals surface area contributed by atoms with Crippen molar-refractivity contribution < 1.29 is 14.3 Å². The van der Waals surface area contributed by atoms with Gasteiger partial charge in [-0.25, -0.2) is 0 Å². The number of ether oxygens (including phenoxy) is 2. The van der Waals surface area contributed by atoms with Crippen LogP contribution in [0.1, 0.15) is 34.9 Å². The largest absolute Gasteiger partial charge is 0.497 e. The van der Waals surface area contributed by atoms with Gasteiger partial charge in [-0.2, -0.15) is 8.75 Å². The number of benzene rings is 1. The van der Waals surface area contributed by atoms with Gasteiger partial charge in [-0.05, 0) is 31.0 Å². The average Bonchev–Trinajstić information content (AvgIpc) is 3.24. The fourth-order valence-corrected chi connectivity index (χ4v) is 3.25. The van der Waals surface area contributed by atoms with Crippen LogP contribution in [0.15, 0.2) is 24.4 Å². The first-order valence-electron chi connectivity index (χ1n) is 7.05. The number of hydrogen-bond acceptors (Lipinski definition) is 6. The zero-order chi connectivity index (χ0) is 15.5. The maximum atomic E-state index is 12.6. The second-order valence-electron chi connectivity index (χ2n) is 5.06. The summed E-state index contributed by atoms with van der Waals surface area (Å²) < 4.78 is 18.7. The van der Waals surface area contributed by atoms with E-state index < -0.39 is 0 Å². The molecule has 1 aliphatic rings. The van der Waals surface area contributed by atoms with Gasteiger partial charge in [0.25, 0.3) is 5.91 Å². The molecule has 1 aromatic carbocycles. The Balaban J connectivity index is 1.94. The molecule has 6 nitrogen and oxygen atoms in total. The van der Waals surface area contributed by atoms with Crippen LogP contribution in [0.2, 0.25) is 0 Å². The maximum Gasteiger partial charge on any atom is 0.275 e. The van der Waals surface area contributed by atoms with Crippen molar-refractivity contribution >= 4 is 17.6 Å². The molecule has 2 heterocycles. The monoisotopic (exact) mass is 319 g/mol. The van der Waals surface area contributed by atoms with Gasteiger partial charge in [0.1, 0.15) is 11.5 Å². The minimum Gasteiger partial charge on any atom is -0.497 e. The van der Waals surface area contributed by atoms with Crippen LogP contribution in [-0.2, 0) is 0 Å². The van der Waals surface area contributed by atoms with Crippen molar-refractivity contribution in [1.82, 2.24) is 13.6 Å². The second kappa shape index (κ2) is 6.31. The van der Waals surface area contributed by atoms with Crippen LogP contribution < -0.4 is 9.47 Å². The number of hydrogen-bond donors (Lipinski definition) is 0. The predicted octanol–water partition coefficient (Wildman–Crippen LogP) is 2.53. The van der Waals surface area contributed by atoms with Crippen molar-refractivity contribution in [2.24, 2.45) is 0 Å². The Morgan fingerprint density at radius 3 is 2.91 bits per heavy atom. The number of aromatic nitrogens is 2. The van der Waals surface area contributed by atoms with Crippen LogP contribution in [0.5, 0.6) is 11.5 Å². The fraction of sp³-hybridized carbons (Fsp3) is 0.400. The topological polar surface area (TPSA) is 64.6 Å². The van der Waals surface area contributed by atoms with Crippen LogP contribution in [0, 0.1) is 0 Å². The molecule has 0 bridgehead atoms. The van der Waals surface area contributed by atoms with Crippen LogP contribution in [0.3, 0.4) is 0 Å². The van der Waals surface area contributed by atoms with Gasteiger partial charge in [-0.3, -0.25) is 4.79 Å². The lowest BCUT2D eigenvalue weighted by Gasteiger charge is -2.26. The molecule has 1 fully saturated rings. The molecule has 2 aromatic rings. The lowest BCUT2D eigenvalue weighted by molar-refractivity contribution is 0.0729. The average molecular weight is 319 g/mol. The summed E-state index contributed by atoms with van der Waals surface area (Å²) in [7, 11) is 3.26. The first kappa shape index (κ1) is 14.8. The van der Waals surface area contributed by atoms with E-state index in [4.69, 9.17) is 9.47 Å². The fourth-order valence-electron chi connectivity index (χ4n) is 2.84. The third-order valence-corrected chi connectivity index (χ3v) is 4.37. The van der Waals surface area contributed by atoms with E-state index in [1.54, 1.807) is 14.2 Å². The molecule has 1 saturated heterocycles. The van der Waals surface area contributed by atoms with Crippen molar-refractivity contribution in [1.29, 1.82) is 0 Å². The standard InChI is InChI=1S/C15H17N3O3S/c1-20-10-5-6-14(21-2)11(8-10)13-4-3-7-18(13)15(19)12-9-16-22-17-12/h5-6,8-9,13H,3-4,7H2,1-2H3. The number of carbonyl (C=O) groups excluding carboxylic acids is 1. The van der Waals surface area contributed by atoms with E-state index in [1.807, 2.05) is 23.1 Å². The van der Waals surface area contributed by atoms with E-state index in [0.717, 1.165) is 41.6 Å². The normalized spacial score (nSPS) is 17.5. The molecule has 1 amide bonds. The molecular weight excluding hydrogens is 302 g/mol. The Morgan fingerprint density at radius 1 is 1.36 bits per heavy atom. The third kappa shape index (κ3) is 2.64. The summed E-state index contributed by atoms with van der Waals surface area (Å²) in [5, 5.41) is 0. The minimum absolute atomic E-state index is 0.0285. The minimum atomic E-state index is -0.0823. The van der Waals surface area contributed by atoms with E-state index in [2.05, 4.69) is 8.75 Å². The summed E-state index contributed by atoms with van der Waals surface area (Å²) in [6, 6.07) is 5.64. The summed E-state index contributed by atoms with van der Waals surface area (Å²) in [4.78, 5) is 14.4. The Kier molecular flexibility index (Phi) is 4.24. The number of amides is 1. The quantitative estimate of drug-likeness (QED) is 0.866. The van der Waals surface area contributed by atoms with E-state index in [-0.39, 0.29) is 11.9 Å². The third-order valence-electron chi connectivity index (χ3n) is 3.89. The van der Waals surface area contributed by atoms with Gasteiger partial charge < -0.3 is 14.4 Å². The summed E-state index contributed by atoms with van der Waals surface area (Å²) in [6.07, 6.45) is 3.37. The lowest BCUT2D eigenvalue weighted by Crippen LogP contribution is -2.31. The number of carbonyl (C=O) groups is 1. The van der Waals surface area contributed by atoms with Crippen LogP contribution >= 0.6 is 11.7 Å². The van der Waals surface area contributed by atoms with Gasteiger partial charge in [-0.15, -0.1) is 0 Å². The molecule has 0 radical (unpaired) electrons. The molecule has 1 aliphatic heterocycles. The van der Waals surface area contributed by atoms with Crippen molar-refractivity contribution in [2.75, 3.05) is 20.8 Å². The molecule has 7 heteroatoms. The van der Waals surface area contributed by atoms with Crippen LogP contribution in [0.25, 0.3) is 0 Å². The number of nitrogens with zero attached hydrogens (tertiary/aromatic N) is 3. The lowest BCUT2D eigenvalue weighted by atomic mass is 10.0. The van der Waals surface area contributed by atoms with Gasteiger partial charge in [0.2, 0.25) is 0 Å². The molecule has 22 heavy (non-hydrogen) atoms. The molecule has 0 N–H and O–H groups in total. The molecule has 116 valence electrons. The van der Waals surface area contributed by atoms with Crippen LogP contribution in [0.4, 0.5) is 0 Å². The molecule has 1 aromatic heterocycles. The van der Waals surface area contributed by atoms with Gasteiger partial charge >= 0.3 is 0 Å². The van der Waals surface area contributed by atoms with Crippen molar-refractivity contribution in [3.63, 3.8) is 0 Å². The summed E-state index contributed by atoms with van der Waals surface area (Å²) in [5.41, 5.74) is 1.37. The van der Waals surface area contributed by atoms with Gasteiger partial charge in [0.05, 0.1) is 38.2 Å². The summed E-state index contributed by atoms with van der Waals surface area (Å²) in [5.74, 6) is 1.44. The first-order valence-corrected chi connectivity index (χ1v) is 7.78. The molecule has 1 unspecified atom stereocenters. The summed E-state index contributed by atoms with van der Waals surface area (Å²) in [6.45, 7) is 0.710. The SMILES string of the molecule is COc1ccc(OC)c(C2CCCN2C(=O)c2cnsn2)c1. The number of rotatable bonds is 4. The van der Waals surface area contributed by atoms with Crippen molar-refractivity contribution in [2.45, 2.75) is 18.9 Å². The highest BCUT2D eigenvalue weighted by Crippen LogP contribution is 2.39. The highest BCUT2D eigenvalue weighted by molar-refractivity contribution is 6.99. The Bertz CT molecular complexity index is 660. The molecular formula is C15H17N3O3S. The molecule has 0 saturated carbocycles. The second-order valence-corrected chi connectivity index (χ2v) is 5.61. The number of likely N-dealkylation sites (tertiary alicyclic amines) is 1. The van der Waals surface area contributed by atoms with Crippen LogP contribution in [-0.4, -0.2) is 40.3 Å². The zero-order valence-corrected chi connectivity index (χ0v) is 13.3. The predicted molar refractivity (Wildman–Crippen MR) is 82.5 cm³/mol. The van der Waals surface area contributed by atoms with Crippen molar-refractivity contribution in [3.05, 3.63) is 35.7 Å². The summed E-state index contributed by atoms with van der Waals surface area (Å²) >= 11 is 1.05. The van der Waals surface area contributed by atoms with E-state index >= 15 is 0 Å². The van der Waals surface area contributed by atoms with E-state index in [9.17, 15) is 4.79 Å². The highest BCUT2D eigenvalue weighted by Gasteiger charge is 2.33. The highest BCUT2D eigenvalue weighted by atomic mass is 32.1. The van der Waals surface area contributed by atoms with E-state index in [0.29, 0.717) is 12.2 Å². The van der Waals surface area contributed by atoms with E-state index in [1.165, 1.54) is 6.20 Å². The Hall–Kier alpha value is -2.15. The molecule has 1 atom stereocenters. The molecule has 3 rings (SSSR count). The zero-order valence-electron chi connectivity index (χ0n) is 12.5.